The van der Waals surface area contributed by atoms with Crippen LogP contribution >= 0.6 is 0 Å². The second-order valence-electron chi connectivity index (χ2n) is 4.41. The molecular weight excluding hydrogens is 220 g/mol. The van der Waals surface area contributed by atoms with Crippen molar-refractivity contribution in [2.75, 3.05) is 12.3 Å². The molecular formula is C11H20N4O2. The van der Waals surface area contributed by atoms with E-state index in [1.165, 1.54) is 10.9 Å². The van der Waals surface area contributed by atoms with Crippen LogP contribution in [-0.4, -0.2) is 32.9 Å². The number of aliphatic hydroxyl groups excluding tert-OH is 1. The van der Waals surface area contributed by atoms with E-state index in [-0.39, 0.29) is 12.5 Å². The van der Waals surface area contributed by atoms with Gasteiger partial charge in [-0.3, -0.25) is 9.48 Å². The van der Waals surface area contributed by atoms with Crippen LogP contribution in [0.15, 0.2) is 6.20 Å². The molecule has 6 heteroatoms. The van der Waals surface area contributed by atoms with E-state index in [1.54, 1.807) is 7.05 Å². The van der Waals surface area contributed by atoms with Gasteiger partial charge in [0, 0.05) is 19.2 Å². The number of nitrogens with one attached hydrogen (secondary N) is 1. The summed E-state index contributed by atoms with van der Waals surface area (Å²) in [6, 6.07) is 0. The Hall–Kier alpha value is -1.56. The Morgan fingerprint density at radius 3 is 2.76 bits per heavy atom. The Labute approximate surface area is 101 Å². The molecule has 0 saturated heterocycles. The molecule has 0 saturated carbocycles. The molecule has 4 N–H and O–H groups in total. The maximum atomic E-state index is 12.1. The molecule has 0 aromatic carbocycles. The molecule has 1 unspecified atom stereocenters. The number of nitrogens with two attached hydrogens (primary N) is 1. The van der Waals surface area contributed by atoms with Crippen LogP contribution in [0.1, 0.15) is 37.2 Å². The van der Waals surface area contributed by atoms with E-state index in [1.807, 2.05) is 13.8 Å². The predicted molar refractivity (Wildman–Crippen MR) is 65.5 cm³/mol. The van der Waals surface area contributed by atoms with Crippen molar-refractivity contribution in [3.05, 3.63) is 11.9 Å². The Morgan fingerprint density at radius 1 is 1.71 bits per heavy atom. The number of nitrogens with zero attached hydrogens (tertiary/aromatic N) is 2. The van der Waals surface area contributed by atoms with Crippen molar-refractivity contribution >= 4 is 11.6 Å². The highest BCUT2D eigenvalue weighted by molar-refractivity contribution is 5.97. The Bertz CT molecular complexity index is 383. The quantitative estimate of drug-likeness (QED) is 0.689. The molecule has 6 nitrogen and oxygen atoms in total. The number of aryl methyl sites for hydroxylation is 1. The second kappa shape index (κ2) is 5.18. The molecule has 1 atom stereocenters. The highest BCUT2D eigenvalue weighted by Crippen LogP contribution is 2.16. The van der Waals surface area contributed by atoms with Gasteiger partial charge in [-0.1, -0.05) is 6.92 Å². The lowest BCUT2D eigenvalue weighted by Gasteiger charge is -2.29. The Balaban J connectivity index is 2.85. The van der Waals surface area contributed by atoms with Crippen LogP contribution in [0, 0.1) is 0 Å². The average molecular weight is 240 g/mol. The maximum Gasteiger partial charge on any atom is 0.272 e. The lowest BCUT2D eigenvalue weighted by molar-refractivity contribution is 0.0877. The van der Waals surface area contributed by atoms with E-state index in [2.05, 4.69) is 10.4 Å². The number of rotatable bonds is 5. The van der Waals surface area contributed by atoms with Crippen LogP contribution in [-0.2, 0) is 7.05 Å². The summed E-state index contributed by atoms with van der Waals surface area (Å²) in [4.78, 5) is 12.1. The molecule has 1 aromatic rings. The molecule has 0 aliphatic heterocycles. The van der Waals surface area contributed by atoms with Crippen LogP contribution in [0.3, 0.4) is 0 Å². The molecule has 0 radical (unpaired) electrons. The summed E-state index contributed by atoms with van der Waals surface area (Å²) in [5.74, 6) is -0.264. The summed E-state index contributed by atoms with van der Waals surface area (Å²) in [6.07, 6.45) is 2.69. The number of amides is 1. The number of hydrogen-bond donors (Lipinski definition) is 3. The molecule has 1 rings (SSSR count). The standard InChI is InChI=1S/C11H20N4O2/c1-4-11(2,5-6-16)14-10(17)9-8(12)7-13-15(9)3/h7,16H,4-6,12H2,1-3H3,(H,14,17). The van der Waals surface area contributed by atoms with Crippen molar-refractivity contribution in [2.45, 2.75) is 32.2 Å². The van der Waals surface area contributed by atoms with Crippen molar-refractivity contribution in [3.63, 3.8) is 0 Å². The fourth-order valence-electron chi connectivity index (χ4n) is 1.64. The van der Waals surface area contributed by atoms with Crippen LogP contribution < -0.4 is 11.1 Å². The highest BCUT2D eigenvalue weighted by atomic mass is 16.3. The van der Waals surface area contributed by atoms with Gasteiger partial charge in [-0.25, -0.2) is 0 Å². The first kappa shape index (κ1) is 13.5. The molecule has 0 aliphatic rings. The SMILES string of the molecule is CCC(C)(CCO)NC(=O)c1c(N)cnn1C. The van der Waals surface area contributed by atoms with Crippen molar-refractivity contribution in [2.24, 2.45) is 7.05 Å². The topological polar surface area (TPSA) is 93.2 Å². The third-order valence-corrected chi connectivity index (χ3v) is 3.04. The highest BCUT2D eigenvalue weighted by Gasteiger charge is 2.26. The van der Waals surface area contributed by atoms with Crippen LogP contribution in [0.4, 0.5) is 5.69 Å². The predicted octanol–water partition coefficient (Wildman–Crippen LogP) is 0.283. The van der Waals surface area contributed by atoms with E-state index in [9.17, 15) is 4.79 Å². The first-order valence-corrected chi connectivity index (χ1v) is 5.64. The number of carbonyl (C=O) groups is 1. The molecule has 0 bridgehead atoms. The smallest absolute Gasteiger partial charge is 0.272 e. The fourth-order valence-corrected chi connectivity index (χ4v) is 1.64. The molecule has 17 heavy (non-hydrogen) atoms. The number of anilines is 1. The van der Waals surface area contributed by atoms with E-state index >= 15 is 0 Å². The lowest BCUT2D eigenvalue weighted by Crippen LogP contribution is -2.46. The van der Waals surface area contributed by atoms with Crippen molar-refractivity contribution in [1.29, 1.82) is 0 Å². The third kappa shape index (κ3) is 2.97. The Kier molecular flexibility index (Phi) is 4.11. The molecule has 0 fully saturated rings. The average Bonchev–Trinajstić information content (AvgIpc) is 2.58. The first-order valence-electron chi connectivity index (χ1n) is 5.64. The minimum atomic E-state index is -0.428. The minimum absolute atomic E-state index is 0.0332. The van der Waals surface area contributed by atoms with Crippen molar-refractivity contribution < 1.29 is 9.90 Å². The van der Waals surface area contributed by atoms with E-state index in [0.29, 0.717) is 17.8 Å². The second-order valence-corrected chi connectivity index (χ2v) is 4.41. The molecule has 0 spiro atoms. The van der Waals surface area contributed by atoms with Gasteiger partial charge >= 0.3 is 0 Å². The summed E-state index contributed by atoms with van der Waals surface area (Å²) < 4.78 is 1.44. The lowest BCUT2D eigenvalue weighted by atomic mass is 9.94. The molecule has 96 valence electrons. The van der Waals surface area contributed by atoms with Gasteiger partial charge in [0.1, 0.15) is 5.69 Å². The van der Waals surface area contributed by atoms with Crippen LogP contribution in [0.2, 0.25) is 0 Å². The summed E-state index contributed by atoms with van der Waals surface area (Å²) in [5, 5.41) is 15.8. The zero-order valence-electron chi connectivity index (χ0n) is 10.5. The number of aromatic nitrogens is 2. The number of nitrogen functional groups attached to an aromatic ring is 1. The van der Waals surface area contributed by atoms with Gasteiger partial charge in [0.25, 0.3) is 5.91 Å². The van der Waals surface area contributed by atoms with Crippen molar-refractivity contribution in [3.8, 4) is 0 Å². The summed E-state index contributed by atoms with van der Waals surface area (Å²) in [5.41, 5.74) is 5.96. The molecule has 1 amide bonds. The number of hydrogen-bond acceptors (Lipinski definition) is 4. The molecule has 1 heterocycles. The van der Waals surface area contributed by atoms with Gasteiger partial charge in [-0.15, -0.1) is 0 Å². The maximum absolute atomic E-state index is 12.1. The van der Waals surface area contributed by atoms with Crippen LogP contribution in [0.5, 0.6) is 0 Å². The van der Waals surface area contributed by atoms with E-state index in [0.717, 1.165) is 6.42 Å². The first-order chi connectivity index (χ1) is 7.93. The van der Waals surface area contributed by atoms with Crippen LogP contribution in [0.25, 0.3) is 0 Å². The zero-order chi connectivity index (χ0) is 13.1. The Morgan fingerprint density at radius 2 is 2.35 bits per heavy atom. The molecule has 1 aromatic heterocycles. The number of carbonyl (C=O) groups excluding carboxylic acids is 1. The largest absolute Gasteiger partial charge is 0.396 e. The van der Waals surface area contributed by atoms with Gasteiger partial charge in [-0.05, 0) is 19.8 Å². The number of aliphatic hydroxyl groups is 1. The van der Waals surface area contributed by atoms with E-state index in [4.69, 9.17) is 10.8 Å². The third-order valence-electron chi connectivity index (χ3n) is 3.04. The van der Waals surface area contributed by atoms with E-state index < -0.39 is 5.54 Å². The monoisotopic (exact) mass is 240 g/mol. The summed E-state index contributed by atoms with van der Waals surface area (Å²) >= 11 is 0. The van der Waals surface area contributed by atoms with Gasteiger partial charge in [0.2, 0.25) is 0 Å². The van der Waals surface area contributed by atoms with Gasteiger partial charge in [-0.2, -0.15) is 5.10 Å². The minimum Gasteiger partial charge on any atom is -0.396 e. The zero-order valence-corrected chi connectivity index (χ0v) is 10.5. The van der Waals surface area contributed by atoms with Gasteiger partial charge < -0.3 is 16.2 Å². The van der Waals surface area contributed by atoms with Gasteiger partial charge in [0.15, 0.2) is 0 Å². The fraction of sp³-hybridized carbons (Fsp3) is 0.636. The normalized spacial score (nSPS) is 14.4. The van der Waals surface area contributed by atoms with Crippen molar-refractivity contribution in [1.82, 2.24) is 15.1 Å². The summed E-state index contributed by atoms with van der Waals surface area (Å²) in [7, 11) is 1.67. The molecule has 0 aliphatic carbocycles. The summed E-state index contributed by atoms with van der Waals surface area (Å²) in [6.45, 7) is 3.89. The van der Waals surface area contributed by atoms with Gasteiger partial charge in [0.05, 0.1) is 11.9 Å².